The molecule has 4 nitrogen and oxygen atoms in total. The minimum atomic E-state index is -0.0445. The molecule has 1 saturated carbocycles. The molecule has 0 spiro atoms. The van der Waals surface area contributed by atoms with Gasteiger partial charge in [-0.15, -0.1) is 4.73 Å². The number of aromatic hydroxyl groups is 2. The van der Waals surface area contributed by atoms with Gasteiger partial charge in [-0.3, -0.25) is 0 Å². The van der Waals surface area contributed by atoms with Gasteiger partial charge in [0.2, 0.25) is 11.8 Å². The van der Waals surface area contributed by atoms with Crippen molar-refractivity contribution in [2.75, 3.05) is 7.11 Å². The highest BCUT2D eigenvalue weighted by Gasteiger charge is 2.30. The summed E-state index contributed by atoms with van der Waals surface area (Å²) in [5.74, 6) is 0.390. The fraction of sp³-hybridized carbons (Fsp3) is 0.500. The standard InChI is InChI=1S/C8H11NO3/c1-12-9-7(10)4-6(8(9)11)5-2-3-5/h4-5,10-11H,2-3H2,1H3. The molecular formula is C8H11NO3. The van der Waals surface area contributed by atoms with E-state index in [2.05, 4.69) is 0 Å². The van der Waals surface area contributed by atoms with Gasteiger partial charge in [-0.05, 0) is 18.8 Å². The van der Waals surface area contributed by atoms with Crippen molar-refractivity contribution in [1.29, 1.82) is 0 Å². The van der Waals surface area contributed by atoms with Gasteiger partial charge in [-0.25, -0.2) is 0 Å². The molecule has 0 saturated heterocycles. The van der Waals surface area contributed by atoms with E-state index in [0.717, 1.165) is 23.1 Å². The number of hydrogen-bond donors (Lipinski definition) is 2. The van der Waals surface area contributed by atoms with Gasteiger partial charge in [0.25, 0.3) is 0 Å². The van der Waals surface area contributed by atoms with Crippen LogP contribution in [0.15, 0.2) is 6.07 Å². The van der Waals surface area contributed by atoms with E-state index in [-0.39, 0.29) is 11.8 Å². The van der Waals surface area contributed by atoms with Crippen LogP contribution in [0, 0.1) is 0 Å². The van der Waals surface area contributed by atoms with Crippen molar-refractivity contribution in [2.45, 2.75) is 18.8 Å². The third-order valence-electron chi connectivity index (χ3n) is 2.14. The molecule has 66 valence electrons. The fourth-order valence-corrected chi connectivity index (χ4v) is 1.36. The first-order valence-corrected chi connectivity index (χ1v) is 3.92. The minimum absolute atomic E-state index is 0.0255. The summed E-state index contributed by atoms with van der Waals surface area (Å²) in [4.78, 5) is 4.75. The van der Waals surface area contributed by atoms with Crippen LogP contribution in [-0.2, 0) is 0 Å². The third-order valence-corrected chi connectivity index (χ3v) is 2.14. The Morgan fingerprint density at radius 1 is 1.50 bits per heavy atom. The molecule has 0 atom stereocenters. The molecule has 0 amide bonds. The van der Waals surface area contributed by atoms with Crippen LogP contribution in [0.1, 0.15) is 24.3 Å². The summed E-state index contributed by atoms with van der Waals surface area (Å²) in [6.45, 7) is 0. The van der Waals surface area contributed by atoms with E-state index >= 15 is 0 Å². The second-order valence-electron chi connectivity index (χ2n) is 3.03. The summed E-state index contributed by atoms with van der Waals surface area (Å²) >= 11 is 0. The van der Waals surface area contributed by atoms with E-state index in [1.54, 1.807) is 6.07 Å². The lowest BCUT2D eigenvalue weighted by Crippen LogP contribution is -2.03. The molecule has 2 rings (SSSR count). The number of hydrogen-bond acceptors (Lipinski definition) is 3. The van der Waals surface area contributed by atoms with Crippen LogP contribution in [-0.4, -0.2) is 22.1 Å². The van der Waals surface area contributed by atoms with E-state index in [1.807, 2.05) is 0 Å². The van der Waals surface area contributed by atoms with Gasteiger partial charge in [-0.1, -0.05) is 0 Å². The molecule has 0 aromatic carbocycles. The summed E-state index contributed by atoms with van der Waals surface area (Å²) in [5.41, 5.74) is 0.786. The Labute approximate surface area is 70.0 Å². The molecule has 1 heterocycles. The van der Waals surface area contributed by atoms with Crippen molar-refractivity contribution < 1.29 is 15.1 Å². The van der Waals surface area contributed by atoms with E-state index in [1.165, 1.54) is 7.11 Å². The largest absolute Gasteiger partial charge is 0.492 e. The van der Waals surface area contributed by atoms with Crippen LogP contribution in [0.5, 0.6) is 11.8 Å². The second kappa shape index (κ2) is 2.33. The normalized spacial score (nSPS) is 16.4. The van der Waals surface area contributed by atoms with Crippen molar-refractivity contribution >= 4 is 0 Å². The zero-order chi connectivity index (χ0) is 8.72. The van der Waals surface area contributed by atoms with Crippen molar-refractivity contribution in [3.8, 4) is 11.8 Å². The molecule has 1 fully saturated rings. The zero-order valence-corrected chi connectivity index (χ0v) is 6.82. The number of aromatic nitrogens is 1. The van der Waals surface area contributed by atoms with Crippen molar-refractivity contribution in [2.24, 2.45) is 0 Å². The molecule has 2 N–H and O–H groups in total. The maximum atomic E-state index is 9.50. The van der Waals surface area contributed by atoms with Gasteiger partial charge >= 0.3 is 0 Å². The molecule has 1 aromatic rings. The lowest BCUT2D eigenvalue weighted by molar-refractivity contribution is 0.119. The van der Waals surface area contributed by atoms with Gasteiger partial charge < -0.3 is 15.1 Å². The molecule has 0 aliphatic heterocycles. The Kier molecular flexibility index (Phi) is 1.43. The summed E-state index contributed by atoms with van der Waals surface area (Å²) in [6.07, 6.45) is 2.17. The molecule has 0 unspecified atom stereocenters. The molecule has 1 aliphatic carbocycles. The van der Waals surface area contributed by atoms with Gasteiger partial charge in [0.05, 0.1) is 0 Å². The Hall–Kier alpha value is -1.32. The Morgan fingerprint density at radius 3 is 2.58 bits per heavy atom. The fourth-order valence-electron chi connectivity index (χ4n) is 1.36. The average Bonchev–Trinajstić information content (AvgIpc) is 2.80. The maximum Gasteiger partial charge on any atom is 0.232 e. The van der Waals surface area contributed by atoms with Crippen LogP contribution >= 0.6 is 0 Å². The van der Waals surface area contributed by atoms with Crippen LogP contribution in [0.4, 0.5) is 0 Å². The van der Waals surface area contributed by atoms with Gasteiger partial charge in [0, 0.05) is 11.6 Å². The Morgan fingerprint density at radius 2 is 2.17 bits per heavy atom. The number of nitrogens with zero attached hydrogens (tertiary/aromatic N) is 1. The lowest BCUT2D eigenvalue weighted by Gasteiger charge is -2.02. The smallest absolute Gasteiger partial charge is 0.232 e. The lowest BCUT2D eigenvalue weighted by atomic mass is 10.2. The monoisotopic (exact) mass is 169 g/mol. The van der Waals surface area contributed by atoms with E-state index in [9.17, 15) is 10.2 Å². The predicted molar refractivity (Wildman–Crippen MR) is 42.2 cm³/mol. The first-order chi connectivity index (χ1) is 5.74. The zero-order valence-electron chi connectivity index (χ0n) is 6.82. The Balaban J connectivity index is 2.42. The van der Waals surface area contributed by atoms with Crippen molar-refractivity contribution in [1.82, 2.24) is 4.73 Å². The van der Waals surface area contributed by atoms with Crippen LogP contribution in [0.25, 0.3) is 0 Å². The topological polar surface area (TPSA) is 54.6 Å². The maximum absolute atomic E-state index is 9.50. The van der Waals surface area contributed by atoms with Crippen LogP contribution in [0.3, 0.4) is 0 Å². The highest BCUT2D eigenvalue weighted by atomic mass is 16.7. The van der Waals surface area contributed by atoms with Crippen LogP contribution < -0.4 is 4.84 Å². The van der Waals surface area contributed by atoms with Gasteiger partial charge in [0.1, 0.15) is 7.11 Å². The predicted octanol–water partition coefficient (Wildman–Crippen LogP) is 0.835. The molecular weight excluding hydrogens is 158 g/mol. The summed E-state index contributed by atoms with van der Waals surface area (Å²) in [5, 5.41) is 18.8. The van der Waals surface area contributed by atoms with Crippen molar-refractivity contribution in [3.63, 3.8) is 0 Å². The number of rotatable bonds is 2. The summed E-state index contributed by atoms with van der Waals surface area (Å²) < 4.78 is 1.02. The first-order valence-electron chi connectivity index (χ1n) is 3.92. The van der Waals surface area contributed by atoms with Gasteiger partial charge in [0.15, 0.2) is 0 Å². The summed E-state index contributed by atoms with van der Waals surface area (Å²) in [7, 11) is 1.40. The first kappa shape index (κ1) is 7.34. The average molecular weight is 169 g/mol. The highest BCUT2D eigenvalue weighted by molar-refractivity contribution is 5.39. The minimum Gasteiger partial charge on any atom is -0.492 e. The van der Waals surface area contributed by atoms with E-state index in [0.29, 0.717) is 5.92 Å². The highest BCUT2D eigenvalue weighted by Crippen LogP contribution is 2.46. The van der Waals surface area contributed by atoms with Crippen molar-refractivity contribution in [3.05, 3.63) is 11.6 Å². The molecule has 12 heavy (non-hydrogen) atoms. The Bertz CT molecular complexity index is 301. The molecule has 4 heteroatoms. The van der Waals surface area contributed by atoms with E-state index in [4.69, 9.17) is 4.84 Å². The SMILES string of the molecule is COn1c(O)cc(C2CC2)c1O. The molecule has 0 radical (unpaired) electrons. The van der Waals surface area contributed by atoms with Crippen LogP contribution in [0.2, 0.25) is 0 Å². The van der Waals surface area contributed by atoms with E-state index < -0.39 is 0 Å². The quantitative estimate of drug-likeness (QED) is 0.689. The molecule has 0 bridgehead atoms. The third kappa shape index (κ3) is 0.913. The molecule has 1 aliphatic rings. The summed E-state index contributed by atoms with van der Waals surface area (Å²) in [6, 6.07) is 1.55. The molecule has 1 aromatic heterocycles. The van der Waals surface area contributed by atoms with Gasteiger partial charge in [-0.2, -0.15) is 0 Å². The second-order valence-corrected chi connectivity index (χ2v) is 3.03.